The lowest BCUT2D eigenvalue weighted by atomic mass is 10.2. The molecule has 0 atom stereocenters. The quantitative estimate of drug-likeness (QED) is 0.882. The van der Waals surface area contributed by atoms with Crippen molar-refractivity contribution in [2.24, 2.45) is 0 Å². The molecule has 1 N–H and O–H groups in total. The van der Waals surface area contributed by atoms with Crippen molar-refractivity contribution in [1.29, 1.82) is 0 Å². The zero-order valence-electron chi connectivity index (χ0n) is 12.4. The molecule has 0 radical (unpaired) electrons. The van der Waals surface area contributed by atoms with Gasteiger partial charge in [0.25, 0.3) is 5.91 Å². The first-order valence-electron chi connectivity index (χ1n) is 6.94. The number of ether oxygens (including phenoxy) is 1. The highest BCUT2D eigenvalue weighted by Crippen LogP contribution is 2.27. The monoisotopic (exact) mass is 289 g/mol. The van der Waals surface area contributed by atoms with Crippen LogP contribution in [0.4, 0.5) is 0 Å². The number of benzene rings is 1. The summed E-state index contributed by atoms with van der Waals surface area (Å²) in [5.74, 6) is 1.42. The minimum absolute atomic E-state index is 0.0479. The molecule has 6 heteroatoms. The van der Waals surface area contributed by atoms with Crippen LogP contribution in [0.5, 0.6) is 5.75 Å². The minimum atomic E-state index is -0.165. The molecule has 0 saturated heterocycles. The molecule has 0 unspecified atom stereocenters. The summed E-state index contributed by atoms with van der Waals surface area (Å²) in [6, 6.07) is 7.39. The third-order valence-electron chi connectivity index (χ3n) is 2.71. The van der Waals surface area contributed by atoms with Gasteiger partial charge in [0.15, 0.2) is 6.61 Å². The number of carbonyl (C=O) groups excluding carboxylic acids is 1. The molecule has 2 aromatic rings. The third kappa shape index (κ3) is 4.05. The van der Waals surface area contributed by atoms with E-state index in [2.05, 4.69) is 15.5 Å². The number of hydrogen-bond acceptors (Lipinski definition) is 5. The van der Waals surface area contributed by atoms with Gasteiger partial charge in [0.2, 0.25) is 11.7 Å². The molecule has 1 heterocycles. The van der Waals surface area contributed by atoms with Gasteiger partial charge in [-0.25, -0.2) is 0 Å². The Balaban J connectivity index is 2.12. The van der Waals surface area contributed by atoms with Crippen LogP contribution in [0.15, 0.2) is 28.8 Å². The lowest BCUT2D eigenvalue weighted by molar-refractivity contribution is -0.123. The average Bonchev–Trinajstić information content (AvgIpc) is 2.93. The molecule has 21 heavy (non-hydrogen) atoms. The highest BCUT2D eigenvalue weighted by Gasteiger charge is 2.13. The third-order valence-corrected chi connectivity index (χ3v) is 2.71. The lowest BCUT2D eigenvalue weighted by Crippen LogP contribution is -2.34. The van der Waals surface area contributed by atoms with Crippen LogP contribution in [0.25, 0.3) is 11.4 Å². The van der Waals surface area contributed by atoms with Crippen molar-refractivity contribution < 1.29 is 14.1 Å². The Morgan fingerprint density at radius 2 is 2.14 bits per heavy atom. The molecule has 112 valence electrons. The van der Waals surface area contributed by atoms with Gasteiger partial charge in [0.05, 0.1) is 5.56 Å². The van der Waals surface area contributed by atoms with Gasteiger partial charge < -0.3 is 14.6 Å². The molecule has 0 aliphatic rings. The van der Waals surface area contributed by atoms with Gasteiger partial charge in [-0.1, -0.05) is 24.2 Å². The van der Waals surface area contributed by atoms with Crippen molar-refractivity contribution in [3.63, 3.8) is 0 Å². The lowest BCUT2D eigenvalue weighted by Gasteiger charge is -2.11. The van der Waals surface area contributed by atoms with Crippen molar-refractivity contribution in [3.8, 4) is 17.1 Å². The van der Waals surface area contributed by atoms with Crippen LogP contribution in [0.2, 0.25) is 0 Å². The zero-order chi connectivity index (χ0) is 15.2. The first-order valence-corrected chi connectivity index (χ1v) is 6.94. The molecule has 6 nitrogen and oxygen atoms in total. The van der Waals surface area contributed by atoms with Crippen LogP contribution >= 0.6 is 0 Å². The van der Waals surface area contributed by atoms with Gasteiger partial charge in [-0.3, -0.25) is 4.79 Å². The van der Waals surface area contributed by atoms with Crippen LogP contribution in [0.3, 0.4) is 0 Å². The Kier molecular flexibility index (Phi) is 4.92. The van der Waals surface area contributed by atoms with E-state index in [1.54, 1.807) is 6.07 Å². The van der Waals surface area contributed by atoms with Gasteiger partial charge in [0, 0.05) is 12.5 Å². The Morgan fingerprint density at radius 3 is 2.81 bits per heavy atom. The molecular formula is C15H19N3O3. The highest BCUT2D eigenvalue weighted by molar-refractivity contribution is 5.78. The number of nitrogens with zero attached hydrogens (tertiary/aromatic N) is 2. The number of carbonyl (C=O) groups is 1. The summed E-state index contributed by atoms with van der Waals surface area (Å²) in [6.07, 6.45) is 0.673. The van der Waals surface area contributed by atoms with E-state index in [0.717, 1.165) is 0 Å². The number of para-hydroxylation sites is 1. The fourth-order valence-electron chi connectivity index (χ4n) is 1.79. The molecule has 0 spiro atoms. The normalized spacial score (nSPS) is 10.7. The van der Waals surface area contributed by atoms with Gasteiger partial charge >= 0.3 is 0 Å². The van der Waals surface area contributed by atoms with E-state index in [1.165, 1.54) is 0 Å². The number of aryl methyl sites for hydroxylation is 1. The van der Waals surface area contributed by atoms with E-state index < -0.39 is 0 Å². The molecule has 1 aromatic heterocycles. The van der Waals surface area contributed by atoms with Gasteiger partial charge in [0.1, 0.15) is 5.75 Å². The summed E-state index contributed by atoms with van der Waals surface area (Å²) in [7, 11) is 0. The van der Waals surface area contributed by atoms with Crippen molar-refractivity contribution in [2.45, 2.75) is 33.2 Å². The maximum Gasteiger partial charge on any atom is 0.258 e. The van der Waals surface area contributed by atoms with Crippen LogP contribution in [-0.2, 0) is 11.2 Å². The SMILES string of the molecule is CCc1nc(-c2ccccc2OCC(=O)NC(C)C)no1. The second kappa shape index (κ2) is 6.88. The van der Waals surface area contributed by atoms with Crippen LogP contribution in [-0.4, -0.2) is 28.7 Å². The number of amides is 1. The molecule has 2 rings (SSSR count). The molecule has 0 fully saturated rings. The predicted octanol–water partition coefficient (Wildman–Crippen LogP) is 2.20. The summed E-state index contributed by atoms with van der Waals surface area (Å²) < 4.78 is 10.7. The highest BCUT2D eigenvalue weighted by atomic mass is 16.5. The fraction of sp³-hybridized carbons (Fsp3) is 0.400. The first kappa shape index (κ1) is 15.0. The average molecular weight is 289 g/mol. The molecule has 0 bridgehead atoms. The Morgan fingerprint density at radius 1 is 1.38 bits per heavy atom. The largest absolute Gasteiger partial charge is 0.483 e. The Bertz CT molecular complexity index is 608. The van der Waals surface area contributed by atoms with Gasteiger partial charge in [-0.2, -0.15) is 4.98 Å². The summed E-state index contributed by atoms with van der Waals surface area (Å²) >= 11 is 0. The second-order valence-corrected chi connectivity index (χ2v) is 4.87. The molecule has 0 aliphatic carbocycles. The minimum Gasteiger partial charge on any atom is -0.483 e. The smallest absolute Gasteiger partial charge is 0.258 e. The first-order chi connectivity index (χ1) is 10.1. The van der Waals surface area contributed by atoms with E-state index in [0.29, 0.717) is 29.4 Å². The number of nitrogens with one attached hydrogen (secondary N) is 1. The zero-order valence-corrected chi connectivity index (χ0v) is 12.4. The summed E-state index contributed by atoms with van der Waals surface area (Å²) in [5, 5.41) is 6.70. The second-order valence-electron chi connectivity index (χ2n) is 4.87. The maximum absolute atomic E-state index is 11.6. The number of rotatable bonds is 6. The van der Waals surface area contributed by atoms with Crippen molar-refractivity contribution in [2.75, 3.05) is 6.61 Å². The Hall–Kier alpha value is -2.37. The van der Waals surface area contributed by atoms with E-state index >= 15 is 0 Å². The van der Waals surface area contributed by atoms with Crippen molar-refractivity contribution in [3.05, 3.63) is 30.2 Å². The number of aromatic nitrogens is 2. The van der Waals surface area contributed by atoms with E-state index in [1.807, 2.05) is 39.0 Å². The molecule has 1 amide bonds. The molecular weight excluding hydrogens is 270 g/mol. The standard InChI is InChI=1S/C15H19N3O3/c1-4-14-17-15(18-21-14)11-7-5-6-8-12(11)20-9-13(19)16-10(2)3/h5-8,10H,4,9H2,1-3H3,(H,16,19). The van der Waals surface area contributed by atoms with E-state index in [4.69, 9.17) is 9.26 Å². The summed E-state index contributed by atoms with van der Waals surface area (Å²) in [4.78, 5) is 15.9. The summed E-state index contributed by atoms with van der Waals surface area (Å²) in [5.41, 5.74) is 0.707. The molecule has 1 aromatic carbocycles. The molecule has 0 aliphatic heterocycles. The fourth-order valence-corrected chi connectivity index (χ4v) is 1.79. The van der Waals surface area contributed by atoms with E-state index in [-0.39, 0.29) is 18.6 Å². The Labute approximate surface area is 123 Å². The molecule has 0 saturated carbocycles. The van der Waals surface area contributed by atoms with Crippen LogP contribution in [0, 0.1) is 0 Å². The van der Waals surface area contributed by atoms with Gasteiger partial charge in [-0.15, -0.1) is 0 Å². The predicted molar refractivity (Wildman–Crippen MR) is 77.9 cm³/mol. The summed E-state index contributed by atoms with van der Waals surface area (Å²) in [6.45, 7) is 5.69. The van der Waals surface area contributed by atoms with Crippen molar-refractivity contribution >= 4 is 5.91 Å². The number of hydrogen-bond donors (Lipinski definition) is 1. The van der Waals surface area contributed by atoms with Gasteiger partial charge in [-0.05, 0) is 26.0 Å². The van der Waals surface area contributed by atoms with Crippen molar-refractivity contribution in [1.82, 2.24) is 15.5 Å². The van der Waals surface area contributed by atoms with Crippen LogP contribution < -0.4 is 10.1 Å². The van der Waals surface area contributed by atoms with Crippen LogP contribution in [0.1, 0.15) is 26.7 Å². The van der Waals surface area contributed by atoms with E-state index in [9.17, 15) is 4.79 Å². The maximum atomic E-state index is 11.6. The topological polar surface area (TPSA) is 77.2 Å².